The molecule has 1 aliphatic rings. The second kappa shape index (κ2) is 4.08. The Hall–Kier alpha value is -0.640. The molecule has 0 aromatic carbocycles. The summed E-state index contributed by atoms with van der Waals surface area (Å²) in [5, 5.41) is 3.12. The van der Waals surface area contributed by atoms with Crippen LogP contribution in [0.2, 0.25) is 0 Å². The second-order valence-electron chi connectivity index (χ2n) is 4.31. The Morgan fingerprint density at radius 1 is 1.33 bits per heavy atom. The Kier molecular flexibility index (Phi) is 2.96. The Labute approximate surface area is 98.8 Å². The van der Waals surface area contributed by atoms with Crippen molar-refractivity contribution in [3.63, 3.8) is 0 Å². The van der Waals surface area contributed by atoms with Gasteiger partial charge in [-0.3, -0.25) is 0 Å². The normalized spacial score (nSPS) is 15.8. The highest BCUT2D eigenvalue weighted by atomic mass is 79.9. The molecule has 3 nitrogen and oxygen atoms in total. The average molecular weight is 270 g/mol. The Morgan fingerprint density at radius 2 is 2.00 bits per heavy atom. The minimum Gasteiger partial charge on any atom is -0.372 e. The van der Waals surface area contributed by atoms with Crippen molar-refractivity contribution in [3.05, 3.63) is 16.0 Å². The number of aromatic nitrogens is 2. The van der Waals surface area contributed by atoms with Crippen LogP contribution in [0.4, 0.5) is 5.82 Å². The lowest BCUT2D eigenvalue weighted by molar-refractivity contribution is 0.756. The summed E-state index contributed by atoms with van der Waals surface area (Å²) in [6.07, 6.45) is 2.52. The lowest BCUT2D eigenvalue weighted by atomic mass is 10.2. The van der Waals surface area contributed by atoms with Gasteiger partial charge in [0, 0.05) is 18.9 Å². The Bertz CT molecular complexity index is 372. The number of rotatable bonds is 3. The third kappa shape index (κ3) is 2.14. The number of anilines is 1. The molecule has 0 radical (unpaired) electrons. The Morgan fingerprint density at radius 3 is 2.47 bits per heavy atom. The molecule has 1 N–H and O–H groups in total. The standard InChI is InChI=1S/C11H16BrN3/c1-6(2)10-14-9(7-4-5-7)8(12)11(13-3)15-10/h6-7H,4-5H2,1-3H3,(H,13,14,15). The fourth-order valence-corrected chi connectivity index (χ4v) is 2.23. The quantitative estimate of drug-likeness (QED) is 0.915. The van der Waals surface area contributed by atoms with E-state index in [0.717, 1.165) is 16.1 Å². The highest BCUT2D eigenvalue weighted by Crippen LogP contribution is 2.44. The van der Waals surface area contributed by atoms with Gasteiger partial charge in [0.15, 0.2) is 0 Å². The van der Waals surface area contributed by atoms with Gasteiger partial charge in [0.05, 0.1) is 10.2 Å². The van der Waals surface area contributed by atoms with Crippen molar-refractivity contribution < 1.29 is 0 Å². The van der Waals surface area contributed by atoms with E-state index >= 15 is 0 Å². The summed E-state index contributed by atoms with van der Waals surface area (Å²) >= 11 is 3.58. The number of nitrogens with zero attached hydrogens (tertiary/aromatic N) is 2. The summed E-state index contributed by atoms with van der Waals surface area (Å²) in [7, 11) is 1.90. The molecule has 1 aliphatic carbocycles. The molecule has 0 atom stereocenters. The summed E-state index contributed by atoms with van der Waals surface area (Å²) in [5.74, 6) is 2.87. The van der Waals surface area contributed by atoms with Crippen LogP contribution in [-0.2, 0) is 0 Å². The highest BCUT2D eigenvalue weighted by Gasteiger charge is 2.29. The molecule has 1 heterocycles. The average Bonchev–Trinajstić information content (AvgIpc) is 3.01. The third-order valence-corrected chi connectivity index (χ3v) is 3.39. The molecule has 82 valence electrons. The first-order chi connectivity index (χ1) is 7.13. The molecular weight excluding hydrogens is 254 g/mol. The van der Waals surface area contributed by atoms with Gasteiger partial charge in [-0.2, -0.15) is 0 Å². The van der Waals surface area contributed by atoms with Crippen LogP contribution in [0.5, 0.6) is 0 Å². The predicted octanol–water partition coefficient (Wildman–Crippen LogP) is 3.28. The van der Waals surface area contributed by atoms with Crippen molar-refractivity contribution in [2.45, 2.75) is 38.5 Å². The van der Waals surface area contributed by atoms with E-state index in [0.29, 0.717) is 11.8 Å². The van der Waals surface area contributed by atoms with E-state index in [2.05, 4.69) is 45.1 Å². The number of hydrogen-bond donors (Lipinski definition) is 1. The minimum atomic E-state index is 0.377. The molecule has 0 aliphatic heterocycles. The van der Waals surface area contributed by atoms with E-state index in [1.54, 1.807) is 0 Å². The summed E-state index contributed by atoms with van der Waals surface area (Å²) in [6, 6.07) is 0. The first-order valence-corrected chi connectivity index (χ1v) is 6.17. The topological polar surface area (TPSA) is 37.8 Å². The summed E-state index contributed by atoms with van der Waals surface area (Å²) < 4.78 is 1.04. The van der Waals surface area contributed by atoms with Gasteiger partial charge in [0.1, 0.15) is 11.6 Å². The lowest BCUT2D eigenvalue weighted by Crippen LogP contribution is -2.06. The minimum absolute atomic E-state index is 0.377. The first-order valence-electron chi connectivity index (χ1n) is 5.38. The van der Waals surface area contributed by atoms with E-state index in [-0.39, 0.29) is 0 Å². The van der Waals surface area contributed by atoms with Crippen LogP contribution < -0.4 is 5.32 Å². The van der Waals surface area contributed by atoms with Crippen molar-refractivity contribution in [1.29, 1.82) is 0 Å². The zero-order chi connectivity index (χ0) is 11.0. The van der Waals surface area contributed by atoms with Crippen LogP contribution in [0, 0.1) is 0 Å². The number of nitrogens with one attached hydrogen (secondary N) is 1. The zero-order valence-corrected chi connectivity index (χ0v) is 10.9. The Balaban J connectivity index is 2.47. The number of halogens is 1. The molecule has 4 heteroatoms. The van der Waals surface area contributed by atoms with Crippen LogP contribution in [-0.4, -0.2) is 17.0 Å². The molecule has 1 aromatic rings. The maximum atomic E-state index is 4.64. The smallest absolute Gasteiger partial charge is 0.144 e. The van der Waals surface area contributed by atoms with Gasteiger partial charge in [-0.1, -0.05) is 13.8 Å². The molecule has 1 saturated carbocycles. The zero-order valence-electron chi connectivity index (χ0n) is 9.34. The van der Waals surface area contributed by atoms with Crippen LogP contribution in [0.25, 0.3) is 0 Å². The largest absolute Gasteiger partial charge is 0.372 e. The van der Waals surface area contributed by atoms with Gasteiger partial charge < -0.3 is 5.32 Å². The lowest BCUT2D eigenvalue weighted by Gasteiger charge is -2.12. The maximum absolute atomic E-state index is 4.64. The van der Waals surface area contributed by atoms with Crippen LogP contribution in [0.1, 0.15) is 50.0 Å². The summed E-state index contributed by atoms with van der Waals surface area (Å²) in [5.41, 5.74) is 1.18. The molecule has 2 rings (SSSR count). The van der Waals surface area contributed by atoms with E-state index in [1.807, 2.05) is 7.05 Å². The molecule has 0 saturated heterocycles. The monoisotopic (exact) mass is 269 g/mol. The van der Waals surface area contributed by atoms with Crippen LogP contribution in [0.3, 0.4) is 0 Å². The summed E-state index contributed by atoms with van der Waals surface area (Å²) in [4.78, 5) is 9.14. The van der Waals surface area contributed by atoms with Crippen LogP contribution in [0.15, 0.2) is 4.47 Å². The molecule has 1 fully saturated rings. The van der Waals surface area contributed by atoms with Gasteiger partial charge in [-0.15, -0.1) is 0 Å². The van der Waals surface area contributed by atoms with Gasteiger partial charge in [0.25, 0.3) is 0 Å². The SMILES string of the molecule is CNc1nc(C(C)C)nc(C2CC2)c1Br. The van der Waals surface area contributed by atoms with E-state index in [1.165, 1.54) is 18.5 Å². The van der Waals surface area contributed by atoms with Gasteiger partial charge in [-0.25, -0.2) is 9.97 Å². The molecule has 0 spiro atoms. The van der Waals surface area contributed by atoms with Crippen molar-refractivity contribution in [2.24, 2.45) is 0 Å². The fourth-order valence-electron chi connectivity index (χ4n) is 1.53. The van der Waals surface area contributed by atoms with Crippen molar-refractivity contribution in [3.8, 4) is 0 Å². The molecule has 0 unspecified atom stereocenters. The van der Waals surface area contributed by atoms with E-state index < -0.39 is 0 Å². The molecule has 15 heavy (non-hydrogen) atoms. The fraction of sp³-hybridized carbons (Fsp3) is 0.636. The third-order valence-electron chi connectivity index (χ3n) is 2.61. The molecule has 1 aromatic heterocycles. The number of hydrogen-bond acceptors (Lipinski definition) is 3. The van der Waals surface area contributed by atoms with Crippen molar-refractivity contribution in [2.75, 3.05) is 12.4 Å². The second-order valence-corrected chi connectivity index (χ2v) is 5.10. The van der Waals surface area contributed by atoms with Gasteiger partial charge in [-0.05, 0) is 28.8 Å². The van der Waals surface area contributed by atoms with E-state index in [4.69, 9.17) is 0 Å². The van der Waals surface area contributed by atoms with Gasteiger partial charge in [0.2, 0.25) is 0 Å². The summed E-state index contributed by atoms with van der Waals surface area (Å²) in [6.45, 7) is 4.25. The maximum Gasteiger partial charge on any atom is 0.144 e. The van der Waals surface area contributed by atoms with Crippen molar-refractivity contribution in [1.82, 2.24) is 9.97 Å². The molecular formula is C11H16BrN3. The first kappa shape index (κ1) is 10.9. The van der Waals surface area contributed by atoms with Crippen LogP contribution >= 0.6 is 15.9 Å². The van der Waals surface area contributed by atoms with Crippen molar-refractivity contribution >= 4 is 21.7 Å². The molecule has 0 amide bonds. The predicted molar refractivity (Wildman–Crippen MR) is 65.3 cm³/mol. The van der Waals surface area contributed by atoms with Gasteiger partial charge >= 0.3 is 0 Å². The highest BCUT2D eigenvalue weighted by molar-refractivity contribution is 9.10. The van der Waals surface area contributed by atoms with E-state index in [9.17, 15) is 0 Å². The molecule has 0 bridgehead atoms.